The van der Waals surface area contributed by atoms with Crippen molar-refractivity contribution in [2.24, 2.45) is 0 Å². The van der Waals surface area contributed by atoms with Crippen LogP contribution in [0.4, 0.5) is 11.4 Å². The molecule has 3 aromatic rings. The van der Waals surface area contributed by atoms with Gasteiger partial charge in [0.2, 0.25) is 6.79 Å². The fraction of sp³-hybridized carbons (Fsp3) is 0.0435. The van der Waals surface area contributed by atoms with Gasteiger partial charge in [0.15, 0.2) is 11.5 Å². The van der Waals surface area contributed by atoms with Crippen molar-refractivity contribution in [2.45, 2.75) is 0 Å². The number of nitrogens with zero attached hydrogens (tertiary/aromatic N) is 1. The number of nitro benzene ring substituents is 1. The largest absolute Gasteiger partial charge is 0.454 e. The minimum Gasteiger partial charge on any atom is -0.454 e. The molecule has 0 saturated heterocycles. The summed E-state index contributed by atoms with van der Waals surface area (Å²) >= 11 is 9.17. The summed E-state index contributed by atoms with van der Waals surface area (Å²) in [5, 5.41) is 16.3. The van der Waals surface area contributed by atoms with Gasteiger partial charge >= 0.3 is 0 Å². The quantitative estimate of drug-likeness (QED) is 0.252. The third-order valence-corrected chi connectivity index (χ3v) is 5.73. The Morgan fingerprint density at radius 1 is 1.06 bits per heavy atom. The summed E-state index contributed by atoms with van der Waals surface area (Å²) in [4.78, 5) is 36.5. The number of benzene rings is 3. The molecule has 3 aromatic carbocycles. The van der Waals surface area contributed by atoms with Crippen molar-refractivity contribution >= 4 is 56.8 Å². The van der Waals surface area contributed by atoms with E-state index in [-0.39, 0.29) is 28.9 Å². The van der Waals surface area contributed by atoms with Crippen LogP contribution in [0.5, 0.6) is 11.5 Å². The van der Waals surface area contributed by atoms with Gasteiger partial charge in [-0.15, -0.1) is 0 Å². The van der Waals surface area contributed by atoms with E-state index in [0.717, 1.165) is 6.07 Å². The van der Waals surface area contributed by atoms with E-state index in [4.69, 9.17) is 21.1 Å². The SMILES string of the molecule is O=C(Nc1ccc(Cl)c([N+](=O)[O-])c1)C(=Cc1ccc2c(c1)OCO2)NC(=O)c1ccccc1Br. The molecule has 0 aliphatic carbocycles. The molecular weight excluding hydrogens is 530 g/mol. The molecule has 2 N–H and O–H groups in total. The van der Waals surface area contributed by atoms with Crippen LogP contribution in [-0.4, -0.2) is 23.5 Å². The van der Waals surface area contributed by atoms with E-state index >= 15 is 0 Å². The van der Waals surface area contributed by atoms with Crippen LogP contribution in [0.25, 0.3) is 6.08 Å². The smallest absolute Gasteiger partial charge is 0.289 e. The molecule has 172 valence electrons. The number of nitro groups is 1. The average Bonchev–Trinajstić information content (AvgIpc) is 3.28. The van der Waals surface area contributed by atoms with Crippen LogP contribution in [0.1, 0.15) is 15.9 Å². The van der Waals surface area contributed by atoms with Crippen molar-refractivity contribution in [1.82, 2.24) is 5.32 Å². The van der Waals surface area contributed by atoms with E-state index in [9.17, 15) is 19.7 Å². The zero-order valence-electron chi connectivity index (χ0n) is 17.2. The van der Waals surface area contributed by atoms with Crippen molar-refractivity contribution in [3.63, 3.8) is 0 Å². The van der Waals surface area contributed by atoms with Gasteiger partial charge in [0.25, 0.3) is 17.5 Å². The van der Waals surface area contributed by atoms with Crippen LogP contribution < -0.4 is 20.1 Å². The first-order chi connectivity index (χ1) is 16.3. The molecule has 0 fully saturated rings. The molecule has 9 nitrogen and oxygen atoms in total. The highest BCUT2D eigenvalue weighted by atomic mass is 79.9. The second kappa shape index (κ2) is 9.94. The molecule has 1 heterocycles. The molecule has 0 bridgehead atoms. The van der Waals surface area contributed by atoms with Crippen LogP contribution in [0, 0.1) is 10.1 Å². The molecule has 0 atom stereocenters. The van der Waals surface area contributed by atoms with Gasteiger partial charge in [-0.1, -0.05) is 29.8 Å². The van der Waals surface area contributed by atoms with Crippen LogP contribution in [0.3, 0.4) is 0 Å². The minimum atomic E-state index is -0.699. The maximum Gasteiger partial charge on any atom is 0.289 e. The van der Waals surface area contributed by atoms with E-state index in [2.05, 4.69) is 26.6 Å². The monoisotopic (exact) mass is 543 g/mol. The Labute approximate surface area is 206 Å². The van der Waals surface area contributed by atoms with Gasteiger partial charge in [-0.05, 0) is 64.0 Å². The first-order valence-corrected chi connectivity index (χ1v) is 10.9. The van der Waals surface area contributed by atoms with Crippen LogP contribution in [0.2, 0.25) is 5.02 Å². The zero-order chi connectivity index (χ0) is 24.2. The summed E-state index contributed by atoms with van der Waals surface area (Å²) in [6.45, 7) is 0.0873. The van der Waals surface area contributed by atoms with Gasteiger partial charge in [-0.3, -0.25) is 19.7 Å². The third kappa shape index (κ3) is 5.19. The Bertz CT molecular complexity index is 1340. The average molecular weight is 545 g/mol. The molecule has 0 saturated carbocycles. The highest BCUT2D eigenvalue weighted by Gasteiger charge is 2.20. The number of nitrogens with one attached hydrogen (secondary N) is 2. The summed E-state index contributed by atoms with van der Waals surface area (Å²) < 4.78 is 11.2. The normalized spacial score (nSPS) is 12.2. The molecule has 0 unspecified atom stereocenters. The molecule has 4 rings (SSSR count). The Morgan fingerprint density at radius 2 is 1.82 bits per heavy atom. The Hall–Kier alpha value is -3.89. The summed E-state index contributed by atoms with van der Waals surface area (Å²) in [6.07, 6.45) is 1.45. The second-order valence-electron chi connectivity index (χ2n) is 6.98. The van der Waals surface area contributed by atoms with Gasteiger partial charge in [0.1, 0.15) is 10.7 Å². The number of carbonyl (C=O) groups is 2. The van der Waals surface area contributed by atoms with Crippen LogP contribution in [0.15, 0.2) is 70.8 Å². The number of amides is 2. The van der Waals surface area contributed by atoms with Crippen LogP contribution >= 0.6 is 27.5 Å². The molecule has 11 heteroatoms. The van der Waals surface area contributed by atoms with Crippen molar-refractivity contribution in [3.05, 3.63) is 97.1 Å². The number of fused-ring (bicyclic) bond motifs is 1. The number of carbonyl (C=O) groups excluding carboxylic acids is 2. The maximum atomic E-state index is 13.1. The first-order valence-electron chi connectivity index (χ1n) is 9.74. The Balaban J connectivity index is 1.66. The van der Waals surface area contributed by atoms with E-state index < -0.39 is 16.7 Å². The highest BCUT2D eigenvalue weighted by Crippen LogP contribution is 2.33. The molecule has 1 aliphatic heterocycles. The van der Waals surface area contributed by atoms with Gasteiger partial charge in [0.05, 0.1) is 10.5 Å². The lowest BCUT2D eigenvalue weighted by Gasteiger charge is -2.12. The Kier molecular flexibility index (Phi) is 6.80. The molecule has 0 radical (unpaired) electrons. The standard InChI is InChI=1S/C23H15BrClN3O6/c24-16-4-2-1-3-15(16)22(29)27-18(9-13-5-8-20-21(10-13)34-12-33-20)23(30)26-14-6-7-17(25)19(11-14)28(31)32/h1-11H,12H2,(H,26,30)(H,27,29). The number of hydrogen-bond donors (Lipinski definition) is 2. The summed E-state index contributed by atoms with van der Waals surface area (Å²) in [6, 6.07) is 15.6. The molecular formula is C23H15BrClN3O6. The van der Waals surface area contributed by atoms with Gasteiger partial charge in [-0.2, -0.15) is 0 Å². The van der Waals surface area contributed by atoms with E-state index in [1.165, 1.54) is 18.2 Å². The van der Waals surface area contributed by atoms with Gasteiger partial charge in [-0.25, -0.2) is 0 Å². The molecule has 0 aromatic heterocycles. The van der Waals surface area contributed by atoms with Crippen molar-refractivity contribution in [2.75, 3.05) is 12.1 Å². The van der Waals surface area contributed by atoms with E-state index in [1.54, 1.807) is 42.5 Å². The van der Waals surface area contributed by atoms with Gasteiger partial charge < -0.3 is 20.1 Å². The lowest BCUT2D eigenvalue weighted by Crippen LogP contribution is -2.31. The number of anilines is 1. The third-order valence-electron chi connectivity index (χ3n) is 4.72. The fourth-order valence-electron chi connectivity index (χ4n) is 3.09. The molecule has 0 spiro atoms. The van der Waals surface area contributed by atoms with Crippen molar-refractivity contribution < 1.29 is 24.0 Å². The highest BCUT2D eigenvalue weighted by molar-refractivity contribution is 9.10. The summed E-state index contributed by atoms with van der Waals surface area (Å²) in [7, 11) is 0. The summed E-state index contributed by atoms with van der Waals surface area (Å²) in [5.41, 5.74) is 0.543. The number of hydrogen-bond acceptors (Lipinski definition) is 6. The van der Waals surface area contributed by atoms with Crippen molar-refractivity contribution in [1.29, 1.82) is 0 Å². The number of ether oxygens (including phenoxy) is 2. The summed E-state index contributed by atoms with van der Waals surface area (Å²) in [5.74, 6) is -0.167. The number of halogens is 2. The molecule has 2 amide bonds. The molecule has 1 aliphatic rings. The zero-order valence-corrected chi connectivity index (χ0v) is 19.6. The lowest BCUT2D eigenvalue weighted by molar-refractivity contribution is -0.384. The number of rotatable bonds is 6. The maximum absolute atomic E-state index is 13.1. The predicted molar refractivity (Wildman–Crippen MR) is 129 cm³/mol. The first kappa shape index (κ1) is 23.3. The van der Waals surface area contributed by atoms with E-state index in [0.29, 0.717) is 27.1 Å². The topological polar surface area (TPSA) is 120 Å². The predicted octanol–water partition coefficient (Wildman–Crippen LogP) is 5.15. The van der Waals surface area contributed by atoms with E-state index in [1.807, 2.05) is 0 Å². The molecule has 34 heavy (non-hydrogen) atoms. The minimum absolute atomic E-state index is 0.0682. The Morgan fingerprint density at radius 3 is 2.59 bits per heavy atom. The van der Waals surface area contributed by atoms with Gasteiger partial charge in [0, 0.05) is 16.2 Å². The second-order valence-corrected chi connectivity index (χ2v) is 8.24. The van der Waals surface area contributed by atoms with Crippen molar-refractivity contribution in [3.8, 4) is 11.5 Å². The fourth-order valence-corrected chi connectivity index (χ4v) is 3.74. The lowest BCUT2D eigenvalue weighted by atomic mass is 10.1. The van der Waals surface area contributed by atoms with Crippen LogP contribution in [-0.2, 0) is 4.79 Å².